The quantitative estimate of drug-likeness (QED) is 0.326. The van der Waals surface area contributed by atoms with Gasteiger partial charge < -0.3 is 5.11 Å². The molecule has 3 aromatic rings. The second-order valence-electron chi connectivity index (χ2n) is 8.52. The van der Waals surface area contributed by atoms with Gasteiger partial charge in [-0.25, -0.2) is 4.98 Å². The van der Waals surface area contributed by atoms with Gasteiger partial charge in [-0.05, 0) is 55.0 Å². The van der Waals surface area contributed by atoms with Gasteiger partial charge in [-0.1, -0.05) is 38.1 Å². The van der Waals surface area contributed by atoms with Crippen LogP contribution in [0.3, 0.4) is 0 Å². The van der Waals surface area contributed by atoms with E-state index >= 15 is 0 Å². The van der Waals surface area contributed by atoms with Crippen LogP contribution in [-0.4, -0.2) is 21.8 Å². The maximum Gasteiger partial charge on any atom is 0.416 e. The van der Waals surface area contributed by atoms with E-state index in [9.17, 15) is 22.8 Å². The van der Waals surface area contributed by atoms with Crippen molar-refractivity contribution in [3.05, 3.63) is 75.3 Å². The number of hydrogen-bond acceptors (Lipinski definition) is 4. The molecule has 0 bridgehead atoms. The van der Waals surface area contributed by atoms with Gasteiger partial charge in [0, 0.05) is 28.8 Å². The predicted molar refractivity (Wildman–Crippen MR) is 126 cm³/mol. The lowest BCUT2D eigenvalue weighted by atomic mass is 9.97. The van der Waals surface area contributed by atoms with Crippen molar-refractivity contribution in [2.24, 2.45) is 0 Å². The number of ketones is 1. The molecule has 0 saturated heterocycles. The summed E-state index contributed by atoms with van der Waals surface area (Å²) >= 11 is 1.41. The summed E-state index contributed by atoms with van der Waals surface area (Å²) in [4.78, 5) is 29.2. The molecule has 180 valence electrons. The van der Waals surface area contributed by atoms with E-state index in [1.54, 1.807) is 18.2 Å². The fourth-order valence-electron chi connectivity index (χ4n) is 3.68. The van der Waals surface area contributed by atoms with Crippen molar-refractivity contribution in [2.75, 3.05) is 0 Å². The molecule has 1 N–H and O–H groups in total. The molecule has 4 nitrogen and oxygen atoms in total. The third-order valence-corrected chi connectivity index (χ3v) is 6.77. The van der Waals surface area contributed by atoms with E-state index < -0.39 is 17.7 Å². The van der Waals surface area contributed by atoms with E-state index in [0.717, 1.165) is 33.8 Å². The van der Waals surface area contributed by atoms with Gasteiger partial charge in [0.1, 0.15) is 5.01 Å². The number of aryl methyl sites for hydroxylation is 3. The van der Waals surface area contributed by atoms with Gasteiger partial charge >= 0.3 is 12.1 Å². The van der Waals surface area contributed by atoms with Gasteiger partial charge in [-0.15, -0.1) is 11.3 Å². The van der Waals surface area contributed by atoms with Crippen molar-refractivity contribution in [1.82, 2.24) is 4.98 Å². The highest BCUT2D eigenvalue weighted by atomic mass is 32.1. The predicted octanol–water partition coefficient (Wildman–Crippen LogP) is 7.09. The molecular formula is C26H26F3NO3S. The first-order valence-corrected chi connectivity index (χ1v) is 11.8. The molecular weight excluding hydrogens is 463 g/mol. The summed E-state index contributed by atoms with van der Waals surface area (Å²) in [5.74, 6) is -0.770. The van der Waals surface area contributed by atoms with Crippen LogP contribution in [0, 0.1) is 6.92 Å². The molecule has 1 aromatic heterocycles. The molecule has 0 saturated carbocycles. The number of nitrogens with zero attached hydrogens (tertiary/aromatic N) is 1. The maximum absolute atomic E-state index is 12.9. The second kappa shape index (κ2) is 10.5. The third-order valence-electron chi connectivity index (χ3n) is 5.59. The molecule has 0 spiro atoms. The summed E-state index contributed by atoms with van der Waals surface area (Å²) in [6.45, 7) is 5.86. The minimum Gasteiger partial charge on any atom is -0.481 e. The Morgan fingerprint density at radius 3 is 2.26 bits per heavy atom. The van der Waals surface area contributed by atoms with Crippen molar-refractivity contribution in [2.45, 2.75) is 58.5 Å². The summed E-state index contributed by atoms with van der Waals surface area (Å²) in [6, 6.07) is 10.3. The van der Waals surface area contributed by atoms with Crippen LogP contribution in [0.25, 0.3) is 10.6 Å². The molecule has 0 atom stereocenters. The number of Topliss-reactive ketones (excluding diaryl/α,β-unsaturated/α-hetero) is 1. The van der Waals surface area contributed by atoms with E-state index in [1.807, 2.05) is 20.8 Å². The van der Waals surface area contributed by atoms with Crippen LogP contribution in [0.4, 0.5) is 13.2 Å². The topological polar surface area (TPSA) is 67.3 Å². The first-order chi connectivity index (χ1) is 16.0. The molecule has 0 fully saturated rings. The maximum atomic E-state index is 12.9. The first-order valence-electron chi connectivity index (χ1n) is 11.0. The lowest BCUT2D eigenvalue weighted by Gasteiger charge is -2.08. The Morgan fingerprint density at radius 2 is 1.71 bits per heavy atom. The summed E-state index contributed by atoms with van der Waals surface area (Å²) in [7, 11) is 0. The monoisotopic (exact) mass is 489 g/mol. The largest absolute Gasteiger partial charge is 0.481 e. The Morgan fingerprint density at radius 1 is 1.03 bits per heavy atom. The van der Waals surface area contributed by atoms with Crippen molar-refractivity contribution in [1.29, 1.82) is 0 Å². The molecule has 2 aromatic carbocycles. The van der Waals surface area contributed by atoms with Gasteiger partial charge in [0.25, 0.3) is 0 Å². The van der Waals surface area contributed by atoms with E-state index in [-0.39, 0.29) is 24.5 Å². The minimum absolute atomic E-state index is 0.0212. The number of hydrogen-bond donors (Lipinski definition) is 1. The number of carbonyl (C=O) groups excluding carboxylic acids is 1. The highest BCUT2D eigenvalue weighted by Gasteiger charge is 2.30. The standard InChI is InChI=1S/C26H26F3NO3S/c1-15(2)24-22(34-25(30-24)18-6-9-20(10-7-18)26(27,28)29)12-11-21(31)19-5-4-17(16(3)14-19)8-13-23(32)33/h4-7,9-10,14-15H,8,11-13H2,1-3H3,(H,32,33). The zero-order valence-electron chi connectivity index (χ0n) is 19.2. The number of thiazole rings is 1. The number of alkyl halides is 3. The summed E-state index contributed by atoms with van der Waals surface area (Å²) < 4.78 is 38.6. The second-order valence-corrected chi connectivity index (χ2v) is 9.60. The Labute approximate surface area is 200 Å². The van der Waals surface area contributed by atoms with Crippen molar-refractivity contribution >= 4 is 23.1 Å². The smallest absolute Gasteiger partial charge is 0.416 e. The van der Waals surface area contributed by atoms with Crippen molar-refractivity contribution < 1.29 is 27.9 Å². The molecule has 0 unspecified atom stereocenters. The Balaban J connectivity index is 1.74. The van der Waals surface area contributed by atoms with Crippen LogP contribution in [0.15, 0.2) is 42.5 Å². The Hall–Kier alpha value is -3.00. The summed E-state index contributed by atoms with van der Waals surface area (Å²) in [5, 5.41) is 9.50. The number of rotatable bonds is 9. The van der Waals surface area contributed by atoms with E-state index in [1.165, 1.54) is 23.5 Å². The van der Waals surface area contributed by atoms with Gasteiger partial charge in [0.05, 0.1) is 11.3 Å². The van der Waals surface area contributed by atoms with Crippen molar-refractivity contribution in [3.63, 3.8) is 0 Å². The van der Waals surface area contributed by atoms with Crippen LogP contribution in [0.5, 0.6) is 0 Å². The highest BCUT2D eigenvalue weighted by Crippen LogP contribution is 2.35. The lowest BCUT2D eigenvalue weighted by Crippen LogP contribution is -2.04. The Kier molecular flexibility index (Phi) is 7.92. The number of aromatic nitrogens is 1. The fraction of sp³-hybridized carbons (Fsp3) is 0.346. The SMILES string of the molecule is Cc1cc(C(=O)CCc2sc(-c3ccc(C(F)(F)F)cc3)nc2C(C)C)ccc1CCC(=O)O. The van der Waals surface area contributed by atoms with E-state index in [4.69, 9.17) is 5.11 Å². The number of carboxylic acids is 1. The van der Waals surface area contributed by atoms with E-state index in [2.05, 4.69) is 4.98 Å². The zero-order valence-corrected chi connectivity index (χ0v) is 20.0. The number of halogens is 3. The summed E-state index contributed by atoms with van der Waals surface area (Å²) in [6.07, 6.45) is -3.16. The first kappa shape index (κ1) is 25.6. The lowest BCUT2D eigenvalue weighted by molar-refractivity contribution is -0.138. The summed E-state index contributed by atoms with van der Waals surface area (Å²) in [5.41, 5.74) is 3.14. The van der Waals surface area contributed by atoms with Crippen LogP contribution in [0.2, 0.25) is 0 Å². The van der Waals surface area contributed by atoms with Gasteiger partial charge in [-0.2, -0.15) is 13.2 Å². The van der Waals surface area contributed by atoms with Crippen LogP contribution in [-0.2, 0) is 23.8 Å². The minimum atomic E-state index is -4.39. The molecule has 0 aliphatic heterocycles. The molecule has 34 heavy (non-hydrogen) atoms. The average molecular weight is 490 g/mol. The average Bonchev–Trinajstić information content (AvgIpc) is 3.20. The molecule has 8 heteroatoms. The molecule has 0 aliphatic rings. The normalized spacial score (nSPS) is 11.7. The number of aliphatic carboxylic acids is 1. The molecule has 0 radical (unpaired) electrons. The molecule has 3 rings (SSSR count). The fourth-order valence-corrected chi connectivity index (χ4v) is 4.90. The molecule has 0 aliphatic carbocycles. The van der Waals surface area contributed by atoms with Crippen LogP contribution >= 0.6 is 11.3 Å². The Bertz CT molecular complexity index is 1180. The van der Waals surface area contributed by atoms with E-state index in [0.29, 0.717) is 29.0 Å². The third kappa shape index (κ3) is 6.32. The van der Waals surface area contributed by atoms with Crippen molar-refractivity contribution in [3.8, 4) is 10.6 Å². The number of benzene rings is 2. The van der Waals surface area contributed by atoms with Crippen LogP contribution in [0.1, 0.15) is 70.2 Å². The van der Waals surface area contributed by atoms with Gasteiger partial charge in [0.2, 0.25) is 0 Å². The molecule has 1 heterocycles. The number of carbonyl (C=O) groups is 2. The number of carboxylic acid groups (broad SMARTS) is 1. The van der Waals surface area contributed by atoms with Gasteiger partial charge in [-0.3, -0.25) is 9.59 Å². The highest BCUT2D eigenvalue weighted by molar-refractivity contribution is 7.15. The molecule has 0 amide bonds. The van der Waals surface area contributed by atoms with Gasteiger partial charge in [0.15, 0.2) is 5.78 Å². The van der Waals surface area contributed by atoms with Crippen LogP contribution < -0.4 is 0 Å². The zero-order chi connectivity index (χ0) is 25.0.